The molecule has 2 atom stereocenters. The number of primary sulfonamides is 1. The number of sulfonamides is 1. The van der Waals surface area contributed by atoms with Gasteiger partial charge in [0.2, 0.25) is 10.0 Å². The SMILES string of the molecule is CC1CCCC1CNc1ccc(S(N)(=O)=O)cc1N. The zero-order valence-electron chi connectivity index (χ0n) is 11.1. The van der Waals surface area contributed by atoms with Gasteiger partial charge >= 0.3 is 0 Å². The average Bonchev–Trinajstić information content (AvgIpc) is 2.72. The number of benzene rings is 1. The maximum absolute atomic E-state index is 11.2. The highest BCUT2D eigenvalue weighted by Gasteiger charge is 2.23. The van der Waals surface area contributed by atoms with Gasteiger partial charge in [-0.3, -0.25) is 0 Å². The van der Waals surface area contributed by atoms with Gasteiger partial charge in [-0.05, 0) is 36.5 Å². The van der Waals surface area contributed by atoms with Crippen LogP contribution in [-0.2, 0) is 10.0 Å². The Morgan fingerprint density at radius 1 is 1.37 bits per heavy atom. The summed E-state index contributed by atoms with van der Waals surface area (Å²) in [6, 6.07) is 4.55. The molecule has 0 radical (unpaired) electrons. The largest absolute Gasteiger partial charge is 0.397 e. The van der Waals surface area contributed by atoms with E-state index in [4.69, 9.17) is 10.9 Å². The Morgan fingerprint density at radius 3 is 2.63 bits per heavy atom. The van der Waals surface area contributed by atoms with Gasteiger partial charge in [-0.1, -0.05) is 19.8 Å². The molecule has 2 rings (SSSR count). The summed E-state index contributed by atoms with van der Waals surface area (Å²) < 4.78 is 22.4. The summed E-state index contributed by atoms with van der Waals surface area (Å²) >= 11 is 0. The third-order valence-electron chi connectivity index (χ3n) is 3.95. The first-order valence-electron chi connectivity index (χ1n) is 6.54. The van der Waals surface area contributed by atoms with Crippen molar-refractivity contribution in [2.24, 2.45) is 17.0 Å². The van der Waals surface area contributed by atoms with Gasteiger partial charge in [-0.2, -0.15) is 0 Å². The Kier molecular flexibility index (Phi) is 4.01. The van der Waals surface area contributed by atoms with Gasteiger partial charge in [0.1, 0.15) is 0 Å². The number of anilines is 2. The quantitative estimate of drug-likeness (QED) is 0.733. The molecular weight excluding hydrogens is 262 g/mol. The fraction of sp³-hybridized carbons (Fsp3) is 0.538. The van der Waals surface area contributed by atoms with Crippen LogP contribution >= 0.6 is 0 Å². The Labute approximate surface area is 114 Å². The molecule has 6 heteroatoms. The van der Waals surface area contributed by atoms with Crippen molar-refractivity contribution in [3.63, 3.8) is 0 Å². The van der Waals surface area contributed by atoms with Gasteiger partial charge in [-0.15, -0.1) is 0 Å². The van der Waals surface area contributed by atoms with Crippen LogP contribution in [0.5, 0.6) is 0 Å². The number of rotatable bonds is 4. The maximum atomic E-state index is 11.2. The summed E-state index contributed by atoms with van der Waals surface area (Å²) in [5.41, 5.74) is 7.04. The predicted molar refractivity (Wildman–Crippen MR) is 77.2 cm³/mol. The molecule has 0 bridgehead atoms. The van der Waals surface area contributed by atoms with E-state index >= 15 is 0 Å². The molecule has 0 amide bonds. The van der Waals surface area contributed by atoms with Crippen molar-refractivity contribution in [2.75, 3.05) is 17.6 Å². The molecule has 1 fully saturated rings. The van der Waals surface area contributed by atoms with Gasteiger partial charge in [-0.25, -0.2) is 13.6 Å². The van der Waals surface area contributed by atoms with E-state index in [9.17, 15) is 8.42 Å². The van der Waals surface area contributed by atoms with Gasteiger partial charge in [0, 0.05) is 6.54 Å². The molecule has 0 saturated heterocycles. The van der Waals surface area contributed by atoms with Crippen LogP contribution in [0.4, 0.5) is 11.4 Å². The third kappa shape index (κ3) is 3.39. The topological polar surface area (TPSA) is 98.2 Å². The third-order valence-corrected chi connectivity index (χ3v) is 4.86. The van der Waals surface area contributed by atoms with Crippen molar-refractivity contribution in [3.8, 4) is 0 Å². The summed E-state index contributed by atoms with van der Waals surface area (Å²) in [5.74, 6) is 1.40. The molecule has 0 spiro atoms. The Balaban J connectivity index is 2.05. The van der Waals surface area contributed by atoms with Crippen LogP contribution in [-0.4, -0.2) is 15.0 Å². The van der Waals surface area contributed by atoms with Crippen LogP contribution in [0.25, 0.3) is 0 Å². The molecule has 1 saturated carbocycles. The molecular formula is C13H21N3O2S. The van der Waals surface area contributed by atoms with Crippen LogP contribution in [0.3, 0.4) is 0 Å². The molecule has 0 aliphatic heterocycles. The first-order valence-corrected chi connectivity index (χ1v) is 8.09. The standard InChI is InChI=1S/C13H21N3O2S/c1-9-3-2-4-10(9)8-16-13-6-5-11(7-12(13)14)19(15,17)18/h5-7,9-10,16H,2-4,8,14H2,1H3,(H2,15,17,18). The van der Waals surface area contributed by atoms with E-state index in [0.717, 1.165) is 18.2 Å². The molecule has 106 valence electrons. The zero-order chi connectivity index (χ0) is 14.0. The number of hydrogen-bond acceptors (Lipinski definition) is 4. The number of nitrogens with one attached hydrogen (secondary N) is 1. The summed E-state index contributed by atoms with van der Waals surface area (Å²) in [4.78, 5) is 0.0461. The summed E-state index contributed by atoms with van der Waals surface area (Å²) in [7, 11) is -3.69. The van der Waals surface area contributed by atoms with Crippen molar-refractivity contribution in [1.82, 2.24) is 0 Å². The molecule has 1 aliphatic rings. The van der Waals surface area contributed by atoms with Crippen LogP contribution in [0.15, 0.2) is 23.1 Å². The maximum Gasteiger partial charge on any atom is 0.238 e. The van der Waals surface area contributed by atoms with Gasteiger partial charge < -0.3 is 11.1 Å². The van der Waals surface area contributed by atoms with E-state index in [1.54, 1.807) is 6.07 Å². The van der Waals surface area contributed by atoms with E-state index in [-0.39, 0.29) is 4.90 Å². The van der Waals surface area contributed by atoms with Gasteiger partial charge in [0.05, 0.1) is 16.3 Å². The lowest BCUT2D eigenvalue weighted by Crippen LogP contribution is -2.17. The highest BCUT2D eigenvalue weighted by molar-refractivity contribution is 7.89. The minimum Gasteiger partial charge on any atom is -0.397 e. The lowest BCUT2D eigenvalue weighted by Gasteiger charge is -2.18. The smallest absolute Gasteiger partial charge is 0.238 e. The summed E-state index contributed by atoms with van der Waals surface area (Å²) in [6.07, 6.45) is 3.81. The van der Waals surface area contributed by atoms with E-state index in [1.165, 1.54) is 31.4 Å². The minimum atomic E-state index is -3.69. The summed E-state index contributed by atoms with van der Waals surface area (Å²) in [5, 5.41) is 8.37. The van der Waals surface area contributed by atoms with Crippen LogP contribution in [0.2, 0.25) is 0 Å². The van der Waals surface area contributed by atoms with Crippen molar-refractivity contribution >= 4 is 21.4 Å². The minimum absolute atomic E-state index is 0.0461. The highest BCUT2D eigenvalue weighted by atomic mass is 32.2. The number of nitrogens with two attached hydrogens (primary N) is 2. The average molecular weight is 283 g/mol. The van der Waals surface area contributed by atoms with Crippen LogP contribution in [0, 0.1) is 11.8 Å². The molecule has 19 heavy (non-hydrogen) atoms. The van der Waals surface area contributed by atoms with Gasteiger partial charge in [0.25, 0.3) is 0 Å². The lowest BCUT2D eigenvalue weighted by atomic mass is 9.98. The second kappa shape index (κ2) is 5.38. The van der Waals surface area contributed by atoms with Crippen molar-refractivity contribution in [3.05, 3.63) is 18.2 Å². The summed E-state index contributed by atoms with van der Waals surface area (Å²) in [6.45, 7) is 3.15. The molecule has 2 unspecified atom stereocenters. The van der Waals surface area contributed by atoms with E-state index in [0.29, 0.717) is 11.6 Å². The van der Waals surface area contributed by atoms with Crippen molar-refractivity contribution < 1.29 is 8.42 Å². The zero-order valence-corrected chi connectivity index (χ0v) is 11.9. The number of nitrogen functional groups attached to an aromatic ring is 1. The second-order valence-electron chi connectivity index (χ2n) is 5.34. The van der Waals surface area contributed by atoms with Crippen molar-refractivity contribution in [1.29, 1.82) is 0 Å². The first-order chi connectivity index (χ1) is 8.88. The monoisotopic (exact) mass is 283 g/mol. The molecule has 5 nitrogen and oxygen atoms in total. The Bertz CT molecular complexity index is 557. The fourth-order valence-corrected chi connectivity index (χ4v) is 3.19. The van der Waals surface area contributed by atoms with E-state index < -0.39 is 10.0 Å². The normalized spacial score (nSPS) is 23.5. The van der Waals surface area contributed by atoms with E-state index in [2.05, 4.69) is 12.2 Å². The molecule has 0 aromatic heterocycles. The Hall–Kier alpha value is -1.27. The predicted octanol–water partition coefficient (Wildman–Crippen LogP) is 1.76. The van der Waals surface area contributed by atoms with Gasteiger partial charge in [0.15, 0.2) is 0 Å². The first kappa shape index (κ1) is 14.1. The molecule has 5 N–H and O–H groups in total. The second-order valence-corrected chi connectivity index (χ2v) is 6.90. The lowest BCUT2D eigenvalue weighted by molar-refractivity contribution is 0.440. The van der Waals surface area contributed by atoms with Crippen LogP contribution in [0.1, 0.15) is 26.2 Å². The molecule has 1 aromatic carbocycles. The molecule has 1 aromatic rings. The number of hydrogen-bond donors (Lipinski definition) is 3. The molecule has 1 aliphatic carbocycles. The van der Waals surface area contributed by atoms with E-state index in [1.807, 2.05) is 0 Å². The van der Waals surface area contributed by atoms with Crippen LogP contribution < -0.4 is 16.2 Å². The molecule has 0 heterocycles. The van der Waals surface area contributed by atoms with Crippen molar-refractivity contribution in [2.45, 2.75) is 31.1 Å². The Morgan fingerprint density at radius 2 is 2.11 bits per heavy atom. The fourth-order valence-electron chi connectivity index (χ4n) is 2.65. The highest BCUT2D eigenvalue weighted by Crippen LogP contribution is 2.32.